The van der Waals surface area contributed by atoms with Crippen LogP contribution < -0.4 is 0 Å². The summed E-state index contributed by atoms with van der Waals surface area (Å²) in [6, 6.07) is 0. The van der Waals surface area contributed by atoms with Gasteiger partial charge in [0.25, 0.3) is 0 Å². The Morgan fingerprint density at radius 2 is 0.622 bits per heavy atom. The first kappa shape index (κ1) is 43.9. The minimum Gasteiger partial charge on any atom is -0.460 e. The monoisotopic (exact) mass is 650 g/mol. The molecule has 0 aromatic rings. The van der Waals surface area contributed by atoms with Crippen molar-refractivity contribution < 1.29 is 52.2 Å². The Morgan fingerprint density at radius 1 is 0.378 bits per heavy atom. The smallest absolute Gasteiger partial charge is 0.330 e. The lowest BCUT2D eigenvalue weighted by Gasteiger charge is -2.09. The largest absolute Gasteiger partial charge is 0.460 e. The molecule has 45 heavy (non-hydrogen) atoms. The summed E-state index contributed by atoms with van der Waals surface area (Å²) in [5.41, 5.74) is 0. The van der Waals surface area contributed by atoms with Crippen molar-refractivity contribution in [2.24, 2.45) is 0 Å². The van der Waals surface area contributed by atoms with E-state index >= 15 is 0 Å². The van der Waals surface area contributed by atoms with Crippen LogP contribution >= 0.6 is 0 Å². The molecule has 0 unspecified atom stereocenters. The van der Waals surface area contributed by atoms with E-state index in [-0.39, 0.29) is 6.61 Å². The zero-order valence-corrected chi connectivity index (χ0v) is 28.5. The van der Waals surface area contributed by atoms with Gasteiger partial charge in [0.15, 0.2) is 0 Å². The minimum absolute atomic E-state index is 0.204. The van der Waals surface area contributed by atoms with Crippen molar-refractivity contribution in [3.8, 4) is 0 Å². The van der Waals surface area contributed by atoms with E-state index in [9.17, 15) is 4.79 Å². The standard InChI is InChI=1S/C34H66O11/c1-3-5-6-7-8-9-10-11-12-13-14-15-36-16-17-37-18-19-38-20-21-39-22-23-40-24-25-41-26-27-42-28-29-43-30-31-44-32-33-45-34(35)4-2/h4H,2-3,5-33H2,1H3. The van der Waals surface area contributed by atoms with Crippen molar-refractivity contribution >= 4 is 5.97 Å². The highest BCUT2D eigenvalue weighted by Gasteiger charge is 1.98. The maximum Gasteiger partial charge on any atom is 0.330 e. The lowest BCUT2D eigenvalue weighted by atomic mass is 10.1. The molecule has 0 aliphatic heterocycles. The second kappa shape index (κ2) is 40.9. The topological polar surface area (TPSA) is 109 Å². The molecule has 0 spiro atoms. The van der Waals surface area contributed by atoms with Crippen molar-refractivity contribution in [3.63, 3.8) is 0 Å². The third-order valence-corrected chi connectivity index (χ3v) is 6.51. The third-order valence-electron chi connectivity index (χ3n) is 6.51. The lowest BCUT2D eigenvalue weighted by Crippen LogP contribution is -2.15. The normalized spacial score (nSPS) is 11.3. The van der Waals surface area contributed by atoms with Gasteiger partial charge >= 0.3 is 5.97 Å². The maximum atomic E-state index is 10.8. The van der Waals surface area contributed by atoms with E-state index < -0.39 is 5.97 Å². The lowest BCUT2D eigenvalue weighted by molar-refractivity contribution is -0.139. The Morgan fingerprint density at radius 3 is 0.911 bits per heavy atom. The van der Waals surface area contributed by atoms with E-state index in [0.29, 0.717) is 112 Å². The molecule has 0 heterocycles. The highest BCUT2D eigenvalue weighted by Crippen LogP contribution is 2.11. The number of ether oxygens (including phenoxy) is 10. The van der Waals surface area contributed by atoms with Gasteiger partial charge < -0.3 is 47.4 Å². The Labute approximate surface area is 273 Å². The summed E-state index contributed by atoms with van der Waals surface area (Å²) >= 11 is 0. The average Bonchev–Trinajstić information content (AvgIpc) is 3.05. The van der Waals surface area contributed by atoms with Gasteiger partial charge in [-0.3, -0.25) is 0 Å². The average molecular weight is 651 g/mol. The molecule has 11 nitrogen and oxygen atoms in total. The highest BCUT2D eigenvalue weighted by molar-refractivity contribution is 5.81. The molecular formula is C34H66O11. The first-order valence-corrected chi connectivity index (χ1v) is 17.3. The van der Waals surface area contributed by atoms with E-state index in [1.54, 1.807) is 0 Å². The van der Waals surface area contributed by atoms with E-state index in [0.717, 1.165) is 19.1 Å². The number of carbonyl (C=O) groups excluding carboxylic acids is 1. The van der Waals surface area contributed by atoms with Gasteiger partial charge in [-0.15, -0.1) is 0 Å². The van der Waals surface area contributed by atoms with Gasteiger partial charge in [-0.25, -0.2) is 4.79 Å². The Balaban J connectivity index is 3.05. The van der Waals surface area contributed by atoms with Crippen LogP contribution in [0.25, 0.3) is 0 Å². The summed E-state index contributed by atoms with van der Waals surface area (Å²) in [7, 11) is 0. The molecule has 0 aromatic heterocycles. The molecule has 0 aromatic carbocycles. The minimum atomic E-state index is -0.454. The van der Waals surface area contributed by atoms with Crippen LogP contribution in [0.1, 0.15) is 77.6 Å². The summed E-state index contributed by atoms with van der Waals surface area (Å²) in [6.45, 7) is 15.3. The Kier molecular flexibility index (Phi) is 39.8. The predicted octanol–water partition coefficient (Wildman–Crippen LogP) is 5.18. The first-order chi connectivity index (χ1) is 22.3. The number of unbranched alkanes of at least 4 members (excludes halogenated alkanes) is 10. The van der Waals surface area contributed by atoms with Crippen LogP contribution in [0.3, 0.4) is 0 Å². The van der Waals surface area contributed by atoms with E-state index in [1.807, 2.05) is 0 Å². The molecule has 0 N–H and O–H groups in total. The van der Waals surface area contributed by atoms with E-state index in [4.69, 9.17) is 47.4 Å². The molecule has 0 fully saturated rings. The van der Waals surface area contributed by atoms with Gasteiger partial charge in [0.2, 0.25) is 0 Å². The molecule has 0 bridgehead atoms. The van der Waals surface area contributed by atoms with Crippen LogP contribution in [0.5, 0.6) is 0 Å². The van der Waals surface area contributed by atoms with E-state index in [2.05, 4.69) is 13.5 Å². The highest BCUT2D eigenvalue weighted by atomic mass is 16.6. The molecule has 268 valence electrons. The van der Waals surface area contributed by atoms with Crippen LogP contribution in [0, 0.1) is 0 Å². The Bertz CT molecular complexity index is 580. The SMILES string of the molecule is C=CC(=O)OCCOCCOCCOCCOCCOCCOCCOCCOCCOCCCCCCCCCCCCC. The van der Waals surface area contributed by atoms with Gasteiger partial charge in [-0.1, -0.05) is 77.7 Å². The van der Waals surface area contributed by atoms with Crippen molar-refractivity contribution in [1.82, 2.24) is 0 Å². The van der Waals surface area contributed by atoms with Gasteiger partial charge in [-0.05, 0) is 6.42 Å². The second-order valence-electron chi connectivity index (χ2n) is 10.4. The molecule has 0 aliphatic carbocycles. The summed E-state index contributed by atoms with van der Waals surface area (Å²) in [5, 5.41) is 0. The number of rotatable bonds is 40. The number of esters is 1. The van der Waals surface area contributed by atoms with Crippen molar-refractivity contribution in [1.29, 1.82) is 0 Å². The first-order valence-electron chi connectivity index (χ1n) is 17.3. The molecule has 0 aliphatic rings. The summed E-state index contributed by atoms with van der Waals surface area (Å²) < 4.78 is 54.0. The summed E-state index contributed by atoms with van der Waals surface area (Å²) in [6.07, 6.45) is 16.0. The number of hydrogen-bond donors (Lipinski definition) is 0. The van der Waals surface area contributed by atoms with Gasteiger partial charge in [0, 0.05) is 12.7 Å². The quantitative estimate of drug-likeness (QED) is 0.0498. The zero-order valence-electron chi connectivity index (χ0n) is 28.5. The zero-order chi connectivity index (χ0) is 32.6. The summed E-state index contributed by atoms with van der Waals surface area (Å²) in [4.78, 5) is 10.8. The molecule has 0 saturated heterocycles. The molecule has 11 heteroatoms. The number of carbonyl (C=O) groups is 1. The van der Waals surface area contributed by atoms with Crippen LogP contribution in [0.15, 0.2) is 12.7 Å². The van der Waals surface area contributed by atoms with Crippen LogP contribution in [0.2, 0.25) is 0 Å². The van der Waals surface area contributed by atoms with Gasteiger partial charge in [0.05, 0.1) is 112 Å². The van der Waals surface area contributed by atoms with Gasteiger partial charge in [0.1, 0.15) is 6.61 Å². The van der Waals surface area contributed by atoms with Crippen molar-refractivity contribution in [2.75, 3.05) is 126 Å². The second-order valence-corrected chi connectivity index (χ2v) is 10.4. The van der Waals surface area contributed by atoms with Gasteiger partial charge in [-0.2, -0.15) is 0 Å². The molecule has 0 amide bonds. The van der Waals surface area contributed by atoms with Crippen LogP contribution in [0.4, 0.5) is 0 Å². The Hall–Kier alpha value is -1.15. The van der Waals surface area contributed by atoms with Crippen molar-refractivity contribution in [2.45, 2.75) is 77.6 Å². The van der Waals surface area contributed by atoms with Crippen LogP contribution in [-0.2, 0) is 52.2 Å². The fourth-order valence-corrected chi connectivity index (χ4v) is 3.99. The fraction of sp³-hybridized carbons (Fsp3) is 0.912. The number of hydrogen-bond acceptors (Lipinski definition) is 11. The molecule has 0 radical (unpaired) electrons. The molecular weight excluding hydrogens is 584 g/mol. The molecule has 0 rings (SSSR count). The van der Waals surface area contributed by atoms with Crippen LogP contribution in [-0.4, -0.2) is 132 Å². The summed E-state index contributed by atoms with van der Waals surface area (Å²) in [5.74, 6) is -0.454. The predicted molar refractivity (Wildman–Crippen MR) is 175 cm³/mol. The fourth-order valence-electron chi connectivity index (χ4n) is 3.99. The molecule has 0 saturated carbocycles. The van der Waals surface area contributed by atoms with Crippen molar-refractivity contribution in [3.05, 3.63) is 12.7 Å². The van der Waals surface area contributed by atoms with E-state index in [1.165, 1.54) is 64.2 Å². The molecule has 0 atom stereocenters. The maximum absolute atomic E-state index is 10.8. The third kappa shape index (κ3) is 40.8.